The van der Waals surface area contributed by atoms with E-state index in [1.54, 1.807) is 0 Å². The van der Waals surface area contributed by atoms with Gasteiger partial charge in [0.15, 0.2) is 17.0 Å². The van der Waals surface area contributed by atoms with Gasteiger partial charge in [0.25, 0.3) is 0 Å². The SMILES string of the molecule is CCn1c(-c2cnn(CC(F)(F)F)c2)nc2c(N[C@H]3CCN(C(=O)C4CC4)C3)ncnc21. The summed E-state index contributed by atoms with van der Waals surface area (Å²) in [7, 11) is 0. The molecular weight excluding hydrogens is 425 g/mol. The van der Waals surface area contributed by atoms with Crippen molar-refractivity contribution in [3.05, 3.63) is 18.7 Å². The number of nitrogens with zero attached hydrogens (tertiary/aromatic N) is 7. The van der Waals surface area contributed by atoms with Crippen LogP contribution in [0.15, 0.2) is 18.7 Å². The summed E-state index contributed by atoms with van der Waals surface area (Å²) in [5.74, 6) is 1.46. The summed E-state index contributed by atoms with van der Waals surface area (Å²) >= 11 is 0. The molecule has 1 saturated carbocycles. The van der Waals surface area contributed by atoms with E-state index in [1.165, 1.54) is 18.7 Å². The van der Waals surface area contributed by atoms with E-state index in [-0.39, 0.29) is 17.9 Å². The topological polar surface area (TPSA) is 93.8 Å². The molecule has 0 radical (unpaired) electrons. The molecule has 4 heterocycles. The molecule has 1 aliphatic heterocycles. The largest absolute Gasteiger partial charge is 0.408 e. The predicted octanol–water partition coefficient (Wildman–Crippen LogP) is 2.69. The molecule has 12 heteroatoms. The maximum Gasteiger partial charge on any atom is 0.408 e. The molecule has 0 unspecified atom stereocenters. The maximum atomic E-state index is 12.7. The number of imidazole rings is 1. The number of carbonyl (C=O) groups is 1. The molecule has 2 fully saturated rings. The van der Waals surface area contributed by atoms with Gasteiger partial charge in [-0.05, 0) is 26.2 Å². The molecule has 2 aliphatic rings. The van der Waals surface area contributed by atoms with E-state index < -0.39 is 12.7 Å². The van der Waals surface area contributed by atoms with Crippen LogP contribution in [0.25, 0.3) is 22.6 Å². The third-order valence-electron chi connectivity index (χ3n) is 5.85. The molecule has 3 aromatic rings. The molecule has 32 heavy (non-hydrogen) atoms. The molecule has 0 aromatic carbocycles. The minimum absolute atomic E-state index is 0.0561. The lowest BCUT2D eigenvalue weighted by Gasteiger charge is -2.17. The second kappa shape index (κ2) is 7.75. The van der Waals surface area contributed by atoms with Crippen LogP contribution < -0.4 is 5.32 Å². The number of nitrogens with one attached hydrogen (secondary N) is 1. The molecule has 0 spiro atoms. The Labute approximate surface area is 181 Å². The van der Waals surface area contributed by atoms with E-state index in [1.807, 2.05) is 16.4 Å². The van der Waals surface area contributed by atoms with Gasteiger partial charge >= 0.3 is 6.18 Å². The van der Waals surface area contributed by atoms with Crippen LogP contribution in [-0.4, -0.2) is 65.4 Å². The van der Waals surface area contributed by atoms with Gasteiger partial charge in [0.05, 0.1) is 11.8 Å². The van der Waals surface area contributed by atoms with Gasteiger partial charge in [-0.15, -0.1) is 0 Å². The molecule has 5 rings (SSSR count). The average molecular weight is 448 g/mol. The van der Waals surface area contributed by atoms with E-state index in [9.17, 15) is 18.0 Å². The summed E-state index contributed by atoms with van der Waals surface area (Å²) in [6, 6.07) is 0.0561. The van der Waals surface area contributed by atoms with Crippen molar-refractivity contribution in [3.8, 4) is 11.4 Å². The van der Waals surface area contributed by atoms with Crippen LogP contribution in [0.2, 0.25) is 0 Å². The highest BCUT2D eigenvalue weighted by molar-refractivity contribution is 5.86. The minimum Gasteiger partial charge on any atom is -0.364 e. The second-order valence-corrected chi connectivity index (χ2v) is 8.30. The zero-order valence-electron chi connectivity index (χ0n) is 17.5. The van der Waals surface area contributed by atoms with Crippen molar-refractivity contribution in [2.75, 3.05) is 18.4 Å². The molecule has 1 atom stereocenters. The Hall–Kier alpha value is -3.18. The van der Waals surface area contributed by atoms with E-state index in [0.717, 1.165) is 23.9 Å². The lowest BCUT2D eigenvalue weighted by molar-refractivity contribution is -0.142. The number of amides is 1. The van der Waals surface area contributed by atoms with Gasteiger partial charge in [0, 0.05) is 37.8 Å². The molecule has 3 aromatic heterocycles. The first-order valence-electron chi connectivity index (χ1n) is 10.7. The number of anilines is 1. The zero-order valence-corrected chi connectivity index (χ0v) is 17.5. The third kappa shape index (κ3) is 4.00. The third-order valence-corrected chi connectivity index (χ3v) is 5.85. The molecule has 170 valence electrons. The Balaban J connectivity index is 1.41. The molecule has 1 amide bonds. The fraction of sp³-hybridized carbons (Fsp3) is 0.550. The molecule has 9 nitrogen and oxygen atoms in total. The first-order chi connectivity index (χ1) is 15.3. The summed E-state index contributed by atoms with van der Waals surface area (Å²) < 4.78 is 40.8. The highest BCUT2D eigenvalue weighted by atomic mass is 19.4. The summed E-state index contributed by atoms with van der Waals surface area (Å²) in [6.07, 6.45) is 2.57. The Morgan fingerprint density at radius 2 is 2.06 bits per heavy atom. The van der Waals surface area contributed by atoms with E-state index in [0.29, 0.717) is 48.0 Å². The number of aryl methyl sites for hydroxylation is 1. The maximum absolute atomic E-state index is 12.7. The number of likely N-dealkylation sites (tertiary alicyclic amines) is 1. The fourth-order valence-corrected chi connectivity index (χ4v) is 4.17. The van der Waals surface area contributed by atoms with Gasteiger partial charge in [-0.2, -0.15) is 18.3 Å². The van der Waals surface area contributed by atoms with Crippen LogP contribution >= 0.6 is 0 Å². The number of halogens is 3. The number of alkyl halides is 3. The van der Waals surface area contributed by atoms with E-state index in [4.69, 9.17) is 0 Å². The van der Waals surface area contributed by atoms with Crippen LogP contribution in [-0.2, 0) is 17.9 Å². The molecule has 1 saturated heterocycles. The van der Waals surface area contributed by atoms with Gasteiger partial charge in [0.1, 0.15) is 18.7 Å². The lowest BCUT2D eigenvalue weighted by atomic mass is 10.2. The summed E-state index contributed by atoms with van der Waals surface area (Å²) in [6.45, 7) is 2.61. The van der Waals surface area contributed by atoms with Gasteiger partial charge in [-0.3, -0.25) is 9.48 Å². The monoisotopic (exact) mass is 448 g/mol. The van der Waals surface area contributed by atoms with Crippen molar-refractivity contribution < 1.29 is 18.0 Å². The van der Waals surface area contributed by atoms with Crippen molar-refractivity contribution >= 4 is 22.9 Å². The number of carbonyl (C=O) groups excluding carboxylic acids is 1. The van der Waals surface area contributed by atoms with Crippen LogP contribution in [0.3, 0.4) is 0 Å². The van der Waals surface area contributed by atoms with Crippen LogP contribution in [0.1, 0.15) is 26.2 Å². The normalized spacial score (nSPS) is 19.1. The quantitative estimate of drug-likeness (QED) is 0.623. The first kappa shape index (κ1) is 20.7. The highest BCUT2D eigenvalue weighted by Crippen LogP contribution is 2.33. The van der Waals surface area contributed by atoms with Crippen LogP contribution in [0.4, 0.5) is 19.0 Å². The summed E-state index contributed by atoms with van der Waals surface area (Å²) in [5, 5.41) is 7.22. The second-order valence-electron chi connectivity index (χ2n) is 8.30. The van der Waals surface area contributed by atoms with Gasteiger partial charge in [0.2, 0.25) is 5.91 Å². The van der Waals surface area contributed by atoms with Crippen molar-refractivity contribution in [1.82, 2.24) is 34.2 Å². The molecule has 1 N–H and O–H groups in total. The Morgan fingerprint density at radius 1 is 1.25 bits per heavy atom. The number of fused-ring (bicyclic) bond motifs is 1. The standard InChI is InChI=1S/C20H23F3N8O/c1-2-31-17(13-7-26-30(8-13)10-20(21,22)23)28-15-16(24-11-25-18(15)31)27-14-5-6-29(9-14)19(32)12-3-4-12/h7-8,11-12,14H,2-6,9-10H2,1H3,(H,24,25,27)/t14-/m0/s1. The smallest absolute Gasteiger partial charge is 0.364 e. The zero-order chi connectivity index (χ0) is 22.5. The van der Waals surface area contributed by atoms with Crippen molar-refractivity contribution in [3.63, 3.8) is 0 Å². The van der Waals surface area contributed by atoms with E-state index >= 15 is 0 Å². The number of rotatable bonds is 6. The molecular formula is C20H23F3N8O. The fourth-order valence-electron chi connectivity index (χ4n) is 4.17. The van der Waals surface area contributed by atoms with Gasteiger partial charge in [-0.25, -0.2) is 15.0 Å². The van der Waals surface area contributed by atoms with E-state index in [2.05, 4.69) is 25.4 Å². The Bertz CT molecular complexity index is 1150. The number of aromatic nitrogens is 6. The number of hydrogen-bond acceptors (Lipinski definition) is 6. The lowest BCUT2D eigenvalue weighted by Crippen LogP contribution is -2.32. The minimum atomic E-state index is -4.35. The number of hydrogen-bond donors (Lipinski definition) is 1. The predicted molar refractivity (Wildman–Crippen MR) is 110 cm³/mol. The van der Waals surface area contributed by atoms with Gasteiger partial charge < -0.3 is 14.8 Å². The summed E-state index contributed by atoms with van der Waals surface area (Å²) in [5.41, 5.74) is 1.61. The Kier molecular flexibility index (Phi) is 5.01. The van der Waals surface area contributed by atoms with Crippen molar-refractivity contribution in [1.29, 1.82) is 0 Å². The van der Waals surface area contributed by atoms with Crippen molar-refractivity contribution in [2.24, 2.45) is 5.92 Å². The Morgan fingerprint density at radius 3 is 2.78 bits per heavy atom. The van der Waals surface area contributed by atoms with Crippen LogP contribution in [0.5, 0.6) is 0 Å². The average Bonchev–Trinajstić information content (AvgIpc) is 3.14. The summed E-state index contributed by atoms with van der Waals surface area (Å²) in [4.78, 5) is 27.6. The molecule has 0 bridgehead atoms. The molecule has 1 aliphatic carbocycles. The van der Waals surface area contributed by atoms with Gasteiger partial charge in [-0.1, -0.05) is 0 Å². The first-order valence-corrected chi connectivity index (χ1v) is 10.7. The van der Waals surface area contributed by atoms with Crippen molar-refractivity contribution in [2.45, 2.75) is 51.5 Å². The highest BCUT2D eigenvalue weighted by Gasteiger charge is 2.37. The van der Waals surface area contributed by atoms with Crippen LogP contribution in [0, 0.1) is 5.92 Å².